The molecule has 0 aliphatic rings. The van der Waals surface area contributed by atoms with Crippen LogP contribution in [0.15, 0.2) is 0 Å². The van der Waals surface area contributed by atoms with Crippen LogP contribution < -0.4 is 0 Å². The molecule has 0 N–H and O–H groups in total. The van der Waals surface area contributed by atoms with E-state index in [1.165, 1.54) is 0 Å². The standard InChI is InChI=1S/C9H12ClF5O/c1-6(2,5(10)16)8(11,12)7(3,4)9(13,14)15/h1-4H3. The summed E-state index contributed by atoms with van der Waals surface area (Å²) in [6.45, 7) is 2.06. The molecule has 0 aliphatic heterocycles. The topological polar surface area (TPSA) is 17.1 Å². The average Bonchev–Trinajstić information content (AvgIpc) is 2.00. The van der Waals surface area contributed by atoms with E-state index in [1.807, 2.05) is 0 Å². The van der Waals surface area contributed by atoms with Crippen molar-refractivity contribution in [3.8, 4) is 0 Å². The number of hydrogen-bond donors (Lipinski definition) is 0. The lowest BCUT2D eigenvalue weighted by Crippen LogP contribution is -2.57. The molecule has 0 heterocycles. The summed E-state index contributed by atoms with van der Waals surface area (Å²) in [5.41, 5.74) is -5.93. The van der Waals surface area contributed by atoms with Crippen LogP contribution in [-0.2, 0) is 4.79 Å². The van der Waals surface area contributed by atoms with Crippen LogP contribution in [0.3, 0.4) is 0 Å². The molecule has 0 aromatic rings. The molecule has 0 radical (unpaired) electrons. The van der Waals surface area contributed by atoms with Gasteiger partial charge in [0.15, 0.2) is 0 Å². The van der Waals surface area contributed by atoms with Crippen LogP contribution in [0.2, 0.25) is 0 Å². The molecule has 0 aliphatic carbocycles. The van der Waals surface area contributed by atoms with Crippen LogP contribution in [0.25, 0.3) is 0 Å². The predicted molar refractivity (Wildman–Crippen MR) is 49.4 cm³/mol. The van der Waals surface area contributed by atoms with E-state index >= 15 is 0 Å². The second-order valence-corrected chi connectivity index (χ2v) is 4.94. The fourth-order valence-corrected chi connectivity index (χ4v) is 1.20. The van der Waals surface area contributed by atoms with E-state index in [0.717, 1.165) is 0 Å². The number of halogens is 6. The third-order valence-corrected chi connectivity index (χ3v) is 3.24. The molecule has 0 amide bonds. The van der Waals surface area contributed by atoms with Gasteiger partial charge in [-0.15, -0.1) is 0 Å². The van der Waals surface area contributed by atoms with Crippen molar-refractivity contribution in [1.29, 1.82) is 0 Å². The third kappa shape index (κ3) is 2.04. The minimum Gasteiger partial charge on any atom is -0.280 e. The molecule has 0 bridgehead atoms. The smallest absolute Gasteiger partial charge is 0.280 e. The third-order valence-electron chi connectivity index (χ3n) is 2.77. The molecule has 16 heavy (non-hydrogen) atoms. The molecule has 1 nitrogen and oxygen atoms in total. The Morgan fingerprint density at radius 3 is 1.44 bits per heavy atom. The van der Waals surface area contributed by atoms with Gasteiger partial charge in [-0.2, -0.15) is 13.2 Å². The molecule has 96 valence electrons. The van der Waals surface area contributed by atoms with Crippen molar-refractivity contribution in [3.05, 3.63) is 0 Å². The van der Waals surface area contributed by atoms with Crippen molar-refractivity contribution >= 4 is 16.8 Å². The zero-order valence-electron chi connectivity index (χ0n) is 9.18. The molecule has 0 rings (SSSR count). The summed E-state index contributed by atoms with van der Waals surface area (Å²) in [4.78, 5) is 10.8. The molecular formula is C9H12ClF5O. The Morgan fingerprint density at radius 2 is 1.25 bits per heavy atom. The maximum absolute atomic E-state index is 13.7. The highest BCUT2D eigenvalue weighted by Crippen LogP contribution is 2.56. The van der Waals surface area contributed by atoms with Crippen LogP contribution in [0, 0.1) is 10.8 Å². The maximum Gasteiger partial charge on any atom is 0.399 e. The van der Waals surface area contributed by atoms with Crippen LogP contribution in [0.1, 0.15) is 27.7 Å². The van der Waals surface area contributed by atoms with E-state index in [2.05, 4.69) is 0 Å². The lowest BCUT2D eigenvalue weighted by Gasteiger charge is -2.42. The van der Waals surface area contributed by atoms with Crippen molar-refractivity contribution in [2.75, 3.05) is 0 Å². The van der Waals surface area contributed by atoms with E-state index in [1.54, 1.807) is 0 Å². The van der Waals surface area contributed by atoms with Crippen molar-refractivity contribution in [2.45, 2.75) is 39.8 Å². The lowest BCUT2D eigenvalue weighted by atomic mass is 9.71. The fraction of sp³-hybridized carbons (Fsp3) is 0.889. The Bertz CT molecular complexity index is 293. The summed E-state index contributed by atoms with van der Waals surface area (Å²) in [5, 5.41) is -1.50. The average molecular weight is 267 g/mol. The largest absolute Gasteiger partial charge is 0.399 e. The summed E-state index contributed by atoms with van der Waals surface area (Å²) in [6, 6.07) is 0. The molecular weight excluding hydrogens is 255 g/mol. The van der Waals surface area contributed by atoms with Crippen LogP contribution in [0.4, 0.5) is 22.0 Å². The first kappa shape index (κ1) is 15.6. The molecule has 0 unspecified atom stereocenters. The first-order valence-corrected chi connectivity index (χ1v) is 4.72. The normalized spacial score (nSPS) is 15.1. The van der Waals surface area contributed by atoms with Gasteiger partial charge in [-0.05, 0) is 39.3 Å². The molecule has 0 aromatic heterocycles. The van der Waals surface area contributed by atoms with Gasteiger partial charge in [-0.1, -0.05) is 0 Å². The van der Waals surface area contributed by atoms with Crippen LogP contribution >= 0.6 is 11.6 Å². The second-order valence-electron chi connectivity index (χ2n) is 4.60. The van der Waals surface area contributed by atoms with E-state index in [4.69, 9.17) is 11.6 Å². The first-order chi connectivity index (χ1) is 6.69. The summed E-state index contributed by atoms with van der Waals surface area (Å²) in [7, 11) is 0. The molecule has 0 saturated heterocycles. The zero-order chi connectivity index (χ0) is 13.6. The van der Waals surface area contributed by atoms with E-state index < -0.39 is 28.2 Å². The van der Waals surface area contributed by atoms with E-state index in [0.29, 0.717) is 27.7 Å². The highest BCUT2D eigenvalue weighted by Gasteiger charge is 2.70. The van der Waals surface area contributed by atoms with Gasteiger partial charge < -0.3 is 0 Å². The first-order valence-electron chi connectivity index (χ1n) is 4.34. The Labute approximate surface area is 95.0 Å². The number of rotatable bonds is 3. The summed E-state index contributed by atoms with van der Waals surface area (Å²) in [6.07, 6.45) is -5.14. The van der Waals surface area contributed by atoms with E-state index in [9.17, 15) is 26.7 Å². The number of alkyl halides is 5. The molecule has 0 fully saturated rings. The van der Waals surface area contributed by atoms with Crippen LogP contribution in [0.5, 0.6) is 0 Å². The Morgan fingerprint density at radius 1 is 0.938 bits per heavy atom. The van der Waals surface area contributed by atoms with Gasteiger partial charge in [-0.25, -0.2) is 8.78 Å². The SMILES string of the molecule is CC(C)(C(=O)Cl)C(F)(F)C(C)(C)C(F)(F)F. The highest BCUT2D eigenvalue weighted by atomic mass is 35.5. The monoisotopic (exact) mass is 266 g/mol. The summed E-state index contributed by atoms with van der Waals surface area (Å²) >= 11 is 4.92. The lowest BCUT2D eigenvalue weighted by molar-refractivity contribution is -0.307. The van der Waals surface area contributed by atoms with Gasteiger partial charge in [0.2, 0.25) is 5.24 Å². The second kappa shape index (κ2) is 3.82. The number of carbonyl (C=O) groups is 1. The summed E-state index contributed by atoms with van der Waals surface area (Å²) in [5.74, 6) is -4.31. The van der Waals surface area contributed by atoms with Crippen molar-refractivity contribution in [1.82, 2.24) is 0 Å². The fourth-order valence-electron chi connectivity index (χ4n) is 1.08. The van der Waals surface area contributed by atoms with Crippen LogP contribution in [-0.4, -0.2) is 17.3 Å². The molecule has 7 heteroatoms. The zero-order valence-corrected chi connectivity index (χ0v) is 9.93. The minimum absolute atomic E-state index is 0.342. The highest BCUT2D eigenvalue weighted by molar-refractivity contribution is 6.64. The minimum atomic E-state index is -5.14. The van der Waals surface area contributed by atoms with Gasteiger partial charge in [0.1, 0.15) is 10.8 Å². The molecule has 0 aromatic carbocycles. The van der Waals surface area contributed by atoms with Gasteiger partial charge >= 0.3 is 6.18 Å². The van der Waals surface area contributed by atoms with Crippen molar-refractivity contribution in [2.24, 2.45) is 10.8 Å². The van der Waals surface area contributed by atoms with Gasteiger partial charge in [0.25, 0.3) is 5.92 Å². The Balaban J connectivity index is 5.62. The molecule has 0 saturated carbocycles. The molecule has 0 spiro atoms. The number of carbonyl (C=O) groups excluding carboxylic acids is 1. The quantitative estimate of drug-likeness (QED) is 0.557. The van der Waals surface area contributed by atoms with Gasteiger partial charge in [0.05, 0.1) is 0 Å². The summed E-state index contributed by atoms with van der Waals surface area (Å²) < 4.78 is 64.9. The number of hydrogen-bond acceptors (Lipinski definition) is 1. The van der Waals surface area contributed by atoms with Gasteiger partial charge in [-0.3, -0.25) is 4.79 Å². The van der Waals surface area contributed by atoms with Crippen molar-refractivity contribution < 1.29 is 26.7 Å². The Kier molecular flexibility index (Phi) is 3.73. The predicted octanol–water partition coefficient (Wildman–Crippen LogP) is 4.00. The maximum atomic E-state index is 13.7. The van der Waals surface area contributed by atoms with Crippen molar-refractivity contribution in [3.63, 3.8) is 0 Å². The van der Waals surface area contributed by atoms with E-state index in [-0.39, 0.29) is 0 Å². The Hall–Kier alpha value is -0.390. The molecule has 0 atom stereocenters. The van der Waals surface area contributed by atoms with Gasteiger partial charge in [0, 0.05) is 0 Å².